The van der Waals surface area contributed by atoms with Crippen molar-refractivity contribution in [3.05, 3.63) is 40.1 Å². The molecule has 9 heteroatoms. The van der Waals surface area contributed by atoms with E-state index < -0.39 is 29.1 Å². The first-order valence-electron chi connectivity index (χ1n) is 4.82. The van der Waals surface area contributed by atoms with Gasteiger partial charge in [-0.1, -0.05) is 21.1 Å². The molecule has 1 aromatic heterocycles. The normalized spacial score (nSPS) is 11.6. The third-order valence-electron chi connectivity index (χ3n) is 2.26. The van der Waals surface area contributed by atoms with E-state index in [0.29, 0.717) is 4.68 Å². The molecule has 0 aliphatic carbocycles. The monoisotopic (exact) mass is 335 g/mol. The lowest BCUT2D eigenvalue weighted by Crippen LogP contribution is -2.15. The van der Waals surface area contributed by atoms with Crippen LogP contribution in [-0.2, 0) is 6.18 Å². The van der Waals surface area contributed by atoms with Gasteiger partial charge in [-0.15, -0.1) is 5.10 Å². The van der Waals surface area contributed by atoms with Crippen LogP contribution in [0.4, 0.5) is 13.2 Å². The Hall–Kier alpha value is -1.90. The van der Waals surface area contributed by atoms with Crippen LogP contribution in [0.3, 0.4) is 0 Å². The molecule has 2 rings (SSSR count). The Morgan fingerprint density at radius 1 is 1.37 bits per heavy atom. The first-order valence-corrected chi connectivity index (χ1v) is 5.61. The smallest absolute Gasteiger partial charge is 0.418 e. The maximum atomic E-state index is 12.9. The van der Waals surface area contributed by atoms with Crippen LogP contribution in [0, 0.1) is 0 Å². The summed E-state index contributed by atoms with van der Waals surface area (Å²) < 4.78 is 39.6. The number of alkyl halides is 3. The highest BCUT2D eigenvalue weighted by Gasteiger charge is 2.35. The quantitative estimate of drug-likeness (QED) is 0.916. The van der Waals surface area contributed by atoms with E-state index in [9.17, 15) is 18.0 Å². The largest absolute Gasteiger partial charge is 0.476 e. The third kappa shape index (κ3) is 2.60. The highest BCUT2D eigenvalue weighted by molar-refractivity contribution is 9.10. The van der Waals surface area contributed by atoms with E-state index in [2.05, 4.69) is 26.2 Å². The number of aromatic carboxylic acids is 1. The van der Waals surface area contributed by atoms with Crippen molar-refractivity contribution in [1.29, 1.82) is 0 Å². The summed E-state index contributed by atoms with van der Waals surface area (Å²) >= 11 is 2.94. The van der Waals surface area contributed by atoms with Gasteiger partial charge >= 0.3 is 12.1 Å². The minimum absolute atomic E-state index is 0.223. The Bertz CT molecular complexity index is 639. The fourth-order valence-corrected chi connectivity index (χ4v) is 1.84. The summed E-state index contributed by atoms with van der Waals surface area (Å²) in [6.45, 7) is 0. The number of carboxylic acid groups (broad SMARTS) is 1. The van der Waals surface area contributed by atoms with Crippen LogP contribution in [0.5, 0.6) is 0 Å². The standard InChI is InChI=1S/C10H5BrF3N3O2/c11-5-1-2-7(6(3-5)10(12,13)14)17-8(9(18)19)4-15-16-17/h1-4H,(H,18,19). The lowest BCUT2D eigenvalue weighted by molar-refractivity contribution is -0.137. The molecular weight excluding hydrogens is 331 g/mol. The molecule has 0 radical (unpaired) electrons. The van der Waals surface area contributed by atoms with Crippen LogP contribution >= 0.6 is 15.9 Å². The molecule has 0 aliphatic heterocycles. The van der Waals surface area contributed by atoms with E-state index >= 15 is 0 Å². The average molecular weight is 336 g/mol. The van der Waals surface area contributed by atoms with Crippen molar-refractivity contribution in [1.82, 2.24) is 15.0 Å². The van der Waals surface area contributed by atoms with Gasteiger partial charge in [0.05, 0.1) is 17.4 Å². The van der Waals surface area contributed by atoms with Crippen LogP contribution in [0.25, 0.3) is 5.69 Å². The molecule has 1 aromatic carbocycles. The fourth-order valence-electron chi connectivity index (χ4n) is 1.48. The van der Waals surface area contributed by atoms with Gasteiger partial charge < -0.3 is 5.11 Å². The van der Waals surface area contributed by atoms with Gasteiger partial charge in [0.25, 0.3) is 0 Å². The summed E-state index contributed by atoms with van der Waals surface area (Å²) in [6, 6.07) is 3.33. The van der Waals surface area contributed by atoms with Crippen molar-refractivity contribution >= 4 is 21.9 Å². The molecule has 5 nitrogen and oxygen atoms in total. The van der Waals surface area contributed by atoms with Crippen molar-refractivity contribution in [3.8, 4) is 5.69 Å². The number of benzene rings is 1. The highest BCUT2D eigenvalue weighted by atomic mass is 79.9. The van der Waals surface area contributed by atoms with Crippen LogP contribution in [0.1, 0.15) is 16.1 Å². The maximum absolute atomic E-state index is 12.9. The summed E-state index contributed by atoms with van der Waals surface area (Å²) in [5.41, 5.74) is -1.85. The Kier molecular flexibility index (Phi) is 3.31. The molecule has 100 valence electrons. The zero-order valence-corrected chi connectivity index (χ0v) is 10.6. The summed E-state index contributed by atoms with van der Waals surface area (Å²) in [7, 11) is 0. The van der Waals surface area contributed by atoms with Crippen molar-refractivity contribution in [2.75, 3.05) is 0 Å². The molecule has 0 amide bonds. The molecule has 0 bridgehead atoms. The van der Waals surface area contributed by atoms with Crippen LogP contribution < -0.4 is 0 Å². The van der Waals surface area contributed by atoms with Crippen molar-refractivity contribution in [3.63, 3.8) is 0 Å². The molecule has 0 unspecified atom stereocenters. The second-order valence-electron chi connectivity index (χ2n) is 3.50. The second-order valence-corrected chi connectivity index (χ2v) is 4.41. The van der Waals surface area contributed by atoms with E-state index in [1.54, 1.807) is 0 Å². The Balaban J connectivity index is 2.69. The first-order chi connectivity index (χ1) is 8.80. The van der Waals surface area contributed by atoms with Gasteiger partial charge in [0.1, 0.15) is 0 Å². The van der Waals surface area contributed by atoms with Gasteiger partial charge in [0.2, 0.25) is 0 Å². The average Bonchev–Trinajstić information content (AvgIpc) is 2.76. The van der Waals surface area contributed by atoms with Crippen molar-refractivity contribution in [2.45, 2.75) is 6.18 Å². The Morgan fingerprint density at radius 2 is 2.05 bits per heavy atom. The van der Waals surface area contributed by atoms with E-state index in [0.717, 1.165) is 18.3 Å². The molecule has 0 aliphatic rings. The van der Waals surface area contributed by atoms with E-state index in [1.165, 1.54) is 6.07 Å². The number of hydrogen-bond acceptors (Lipinski definition) is 3. The molecule has 1 N–H and O–H groups in total. The molecule has 0 saturated carbocycles. The van der Waals surface area contributed by atoms with Gasteiger partial charge in [-0.25, -0.2) is 9.48 Å². The lowest BCUT2D eigenvalue weighted by Gasteiger charge is -2.13. The predicted octanol–water partition coefficient (Wildman–Crippen LogP) is 2.75. The molecule has 0 spiro atoms. The second kappa shape index (κ2) is 4.65. The lowest BCUT2D eigenvalue weighted by atomic mass is 10.1. The number of carbonyl (C=O) groups is 1. The number of halogens is 4. The molecule has 19 heavy (non-hydrogen) atoms. The summed E-state index contributed by atoms with van der Waals surface area (Å²) in [4.78, 5) is 10.9. The van der Waals surface area contributed by atoms with E-state index in [4.69, 9.17) is 5.11 Å². The van der Waals surface area contributed by atoms with Gasteiger partial charge in [-0.2, -0.15) is 13.2 Å². The van der Waals surface area contributed by atoms with Gasteiger partial charge in [-0.3, -0.25) is 0 Å². The van der Waals surface area contributed by atoms with Crippen molar-refractivity contribution < 1.29 is 23.1 Å². The predicted molar refractivity (Wildman–Crippen MR) is 61.0 cm³/mol. The summed E-state index contributed by atoms with van der Waals surface area (Å²) in [5.74, 6) is -1.42. The van der Waals surface area contributed by atoms with Crippen LogP contribution in [0.2, 0.25) is 0 Å². The van der Waals surface area contributed by atoms with E-state index in [1.807, 2.05) is 0 Å². The molecule has 0 fully saturated rings. The molecule has 0 atom stereocenters. The Morgan fingerprint density at radius 3 is 2.63 bits per heavy atom. The summed E-state index contributed by atoms with van der Waals surface area (Å²) in [6.07, 6.45) is -3.76. The zero-order chi connectivity index (χ0) is 14.2. The number of hydrogen-bond donors (Lipinski definition) is 1. The van der Waals surface area contributed by atoms with Gasteiger partial charge in [0, 0.05) is 4.47 Å². The number of rotatable bonds is 2. The maximum Gasteiger partial charge on any atom is 0.418 e. The number of aromatic nitrogens is 3. The van der Waals surface area contributed by atoms with Crippen molar-refractivity contribution in [2.24, 2.45) is 0 Å². The molecular formula is C10H5BrF3N3O2. The Labute approximate surface area is 112 Å². The van der Waals surface area contributed by atoms with Crippen LogP contribution in [0.15, 0.2) is 28.9 Å². The molecule has 2 aromatic rings. The topological polar surface area (TPSA) is 68.0 Å². The summed E-state index contributed by atoms with van der Waals surface area (Å²) in [5, 5.41) is 15.6. The van der Waals surface area contributed by atoms with E-state index in [-0.39, 0.29) is 4.47 Å². The SMILES string of the molecule is O=C(O)c1cnnn1-c1ccc(Br)cc1C(F)(F)F. The number of nitrogens with zero attached hydrogens (tertiary/aromatic N) is 3. The van der Waals surface area contributed by atoms with Gasteiger partial charge in [0.15, 0.2) is 5.69 Å². The van der Waals surface area contributed by atoms with Gasteiger partial charge in [-0.05, 0) is 18.2 Å². The number of carboxylic acids is 1. The fraction of sp³-hybridized carbons (Fsp3) is 0.100. The minimum atomic E-state index is -4.64. The first kappa shape index (κ1) is 13.5. The zero-order valence-electron chi connectivity index (χ0n) is 9.02. The third-order valence-corrected chi connectivity index (χ3v) is 2.75. The van der Waals surface area contributed by atoms with Crippen LogP contribution in [-0.4, -0.2) is 26.1 Å². The molecule has 1 heterocycles. The minimum Gasteiger partial charge on any atom is -0.476 e. The highest BCUT2D eigenvalue weighted by Crippen LogP contribution is 2.35. The molecule has 0 saturated heterocycles.